The van der Waals surface area contributed by atoms with Crippen LogP contribution in [0.25, 0.3) is 22.3 Å². The first-order chi connectivity index (χ1) is 21.3. The van der Waals surface area contributed by atoms with E-state index < -0.39 is 75.4 Å². The molecule has 10 atom stereocenters. The molecule has 9 N–H and O–H groups in total. The summed E-state index contributed by atoms with van der Waals surface area (Å²) in [5.74, 6) is -0.963. The van der Waals surface area contributed by atoms with Crippen molar-refractivity contribution in [2.45, 2.75) is 49.2 Å². The van der Waals surface area contributed by atoms with Crippen LogP contribution in [0.4, 0.5) is 11.8 Å². The van der Waals surface area contributed by atoms with Crippen LogP contribution in [-0.4, -0.2) is 103 Å². The Bertz CT molecular complexity index is 1940. The Balaban J connectivity index is 1.21. The third-order valence-electron chi connectivity index (χ3n) is 7.89. The van der Waals surface area contributed by atoms with Crippen molar-refractivity contribution in [3.63, 3.8) is 0 Å². The second-order valence-electron chi connectivity index (χ2n) is 10.6. The molecule has 6 heterocycles. The number of imidazole rings is 2. The number of hydrogen-bond acceptors (Lipinski definition) is 17. The van der Waals surface area contributed by atoms with E-state index in [0.717, 1.165) is 0 Å². The number of nitrogens with zero attached hydrogens (tertiary/aromatic N) is 7. The number of rotatable bonds is 2. The highest BCUT2D eigenvalue weighted by molar-refractivity contribution is 8.07. The lowest BCUT2D eigenvalue weighted by Gasteiger charge is -2.27. The van der Waals surface area contributed by atoms with Gasteiger partial charge in [0.2, 0.25) is 5.95 Å². The van der Waals surface area contributed by atoms with Gasteiger partial charge in [0.1, 0.15) is 36.3 Å². The van der Waals surface area contributed by atoms with Gasteiger partial charge in [0.25, 0.3) is 5.56 Å². The maximum Gasteiger partial charge on any atom is 0.472 e. The molecule has 242 valence electrons. The largest absolute Gasteiger partial charge is 0.472 e. The fourth-order valence-electron chi connectivity index (χ4n) is 5.83. The number of nitrogens with one attached hydrogen (secondary N) is 1. The number of ether oxygens (including phenoxy) is 1. The summed E-state index contributed by atoms with van der Waals surface area (Å²) in [7, 11) is -4.98. The van der Waals surface area contributed by atoms with Crippen LogP contribution >= 0.6 is 14.5 Å². The Morgan fingerprint density at radius 2 is 1.71 bits per heavy atom. The fraction of sp³-hybridized carbons (Fsp3) is 0.524. The van der Waals surface area contributed by atoms with Crippen LogP contribution in [0, 0.1) is 5.92 Å². The Kier molecular flexibility index (Phi) is 7.55. The number of phosphoric ester groups is 1. The SMILES string of the molecule is Nc1nc2c(ncn2[C@@H]2C[C@@H]3COP(O)(=S)OC4[C@@H](COP(=O)(O)O[C@H]2C3O)O[C@@H](n2cnc3c(N)ncnc32)[C@H]4O)c(=O)[nH]1. The second-order valence-corrected chi connectivity index (χ2v) is 14.8. The number of aromatic nitrogens is 8. The van der Waals surface area contributed by atoms with Crippen LogP contribution in [0.5, 0.6) is 0 Å². The van der Waals surface area contributed by atoms with Gasteiger partial charge >= 0.3 is 14.5 Å². The summed E-state index contributed by atoms with van der Waals surface area (Å²) in [6.45, 7) is -5.24. The molecule has 45 heavy (non-hydrogen) atoms. The van der Waals surface area contributed by atoms with Crippen LogP contribution in [-0.2, 0) is 39.2 Å². The van der Waals surface area contributed by atoms with Gasteiger partial charge in [-0.25, -0.2) is 24.5 Å². The van der Waals surface area contributed by atoms with Crippen molar-refractivity contribution >= 4 is 60.4 Å². The molecule has 4 unspecified atom stereocenters. The molecule has 0 spiro atoms. The van der Waals surface area contributed by atoms with E-state index >= 15 is 0 Å². The highest BCUT2D eigenvalue weighted by Crippen LogP contribution is 2.55. The number of fused-ring (bicyclic) bond motifs is 5. The van der Waals surface area contributed by atoms with Crippen molar-refractivity contribution in [1.82, 2.24) is 39.0 Å². The molecule has 0 amide bonds. The van der Waals surface area contributed by atoms with E-state index in [-0.39, 0.29) is 47.1 Å². The normalized spacial score (nSPS) is 37.7. The van der Waals surface area contributed by atoms with E-state index in [1.807, 2.05) is 0 Å². The third-order valence-corrected chi connectivity index (χ3v) is 10.4. The lowest BCUT2D eigenvalue weighted by Crippen LogP contribution is -2.36. The van der Waals surface area contributed by atoms with Crippen LogP contribution in [0.2, 0.25) is 0 Å². The molecule has 21 nitrogen and oxygen atoms in total. The molecule has 2 aliphatic heterocycles. The van der Waals surface area contributed by atoms with Crippen LogP contribution in [0.1, 0.15) is 18.7 Å². The summed E-state index contributed by atoms with van der Waals surface area (Å²) in [5.41, 5.74) is 11.4. The summed E-state index contributed by atoms with van der Waals surface area (Å²) < 4.78 is 44.0. The summed E-state index contributed by atoms with van der Waals surface area (Å²) >= 11 is 5.23. The van der Waals surface area contributed by atoms with E-state index in [1.165, 1.54) is 28.1 Å². The van der Waals surface area contributed by atoms with Crippen LogP contribution < -0.4 is 17.0 Å². The van der Waals surface area contributed by atoms with Crippen molar-refractivity contribution < 1.29 is 47.4 Å². The predicted molar refractivity (Wildman–Crippen MR) is 153 cm³/mol. The summed E-state index contributed by atoms with van der Waals surface area (Å²) in [4.78, 5) is 56.8. The first-order valence-corrected chi connectivity index (χ1v) is 17.4. The molecule has 1 saturated carbocycles. The Labute approximate surface area is 256 Å². The predicted octanol–water partition coefficient (Wildman–Crippen LogP) is -1.56. The van der Waals surface area contributed by atoms with Crippen molar-refractivity contribution in [1.29, 1.82) is 0 Å². The molecule has 3 fully saturated rings. The molecule has 2 saturated heterocycles. The van der Waals surface area contributed by atoms with Crippen molar-refractivity contribution in [3.8, 4) is 0 Å². The van der Waals surface area contributed by atoms with Crippen molar-refractivity contribution in [3.05, 3.63) is 29.3 Å². The molecule has 7 rings (SSSR count). The van der Waals surface area contributed by atoms with Crippen LogP contribution in [0.15, 0.2) is 23.8 Å². The zero-order valence-electron chi connectivity index (χ0n) is 22.7. The smallest absolute Gasteiger partial charge is 0.390 e. The topological polar surface area (TPSA) is 303 Å². The highest BCUT2D eigenvalue weighted by Gasteiger charge is 2.52. The van der Waals surface area contributed by atoms with E-state index in [1.54, 1.807) is 0 Å². The van der Waals surface area contributed by atoms with Gasteiger partial charge in [-0.1, -0.05) is 0 Å². The summed E-state index contributed by atoms with van der Waals surface area (Å²) in [6.07, 6.45) is -4.63. The van der Waals surface area contributed by atoms with Gasteiger partial charge in [0.05, 0.1) is 38.0 Å². The quantitative estimate of drug-likeness (QED) is 0.117. The third kappa shape index (κ3) is 5.45. The zero-order chi connectivity index (χ0) is 31.8. The maximum absolute atomic E-state index is 13.3. The van der Waals surface area contributed by atoms with Gasteiger partial charge in [-0.2, -0.15) is 4.98 Å². The van der Waals surface area contributed by atoms with Gasteiger partial charge in [0.15, 0.2) is 28.9 Å². The molecular formula is C21H26N10O11P2S. The number of aliphatic hydroxyl groups is 2. The number of hydrogen-bond donors (Lipinski definition) is 7. The van der Waals surface area contributed by atoms with Crippen LogP contribution in [0.3, 0.4) is 0 Å². The average molecular weight is 689 g/mol. The first kappa shape index (κ1) is 30.7. The lowest BCUT2D eigenvalue weighted by atomic mass is 10.1. The second kappa shape index (κ2) is 11.1. The number of aromatic amines is 1. The number of nitrogen functional groups attached to an aromatic ring is 2. The fourth-order valence-corrected chi connectivity index (χ4v) is 8.29. The van der Waals surface area contributed by atoms with Gasteiger partial charge in [0, 0.05) is 5.92 Å². The van der Waals surface area contributed by atoms with Crippen molar-refractivity contribution in [2.75, 3.05) is 24.7 Å². The molecule has 3 aliphatic rings. The summed E-state index contributed by atoms with van der Waals surface area (Å²) in [5, 5.41) is 22.4. The molecule has 2 bridgehead atoms. The van der Waals surface area contributed by atoms with Gasteiger partial charge in [-0.05, 0) is 18.2 Å². The molecule has 4 aromatic heterocycles. The van der Waals surface area contributed by atoms with E-state index in [2.05, 4.69) is 29.9 Å². The van der Waals surface area contributed by atoms with E-state index in [4.69, 9.17) is 46.1 Å². The minimum Gasteiger partial charge on any atom is -0.390 e. The average Bonchev–Trinajstić information content (AvgIpc) is 3.72. The monoisotopic (exact) mass is 688 g/mol. The zero-order valence-corrected chi connectivity index (χ0v) is 25.3. The minimum absolute atomic E-state index is 0.0273. The Hall–Kier alpha value is -2.98. The standard InChI is InChI=1S/C21H26N10O11P2S/c22-16-10-17(25-4-24-16)31(6-26-10)20-13(33)15-9(40-20)3-38-43(35,36)41-14-8(1-7(12(14)32)2-39-44(37,45)42-15)30-5-27-11-18(30)28-21(23)29-19(11)34/h4-9,12-15,20,32-33H,1-3H2,(H,35,36)(H,37,45)(H2,22,24,25)(H3,23,28,29,34)/t7-,8-,9-,12?,13+,14-,15?,20-,44?/m1/s1. The molecule has 1 aliphatic carbocycles. The Morgan fingerprint density at radius 1 is 0.956 bits per heavy atom. The number of phosphoric acid groups is 1. The lowest BCUT2D eigenvalue weighted by molar-refractivity contribution is -0.0551. The van der Waals surface area contributed by atoms with Gasteiger partial charge in [-0.15, -0.1) is 0 Å². The number of aliphatic hydroxyl groups excluding tert-OH is 2. The molecule has 0 aromatic carbocycles. The molecular weight excluding hydrogens is 662 g/mol. The van der Waals surface area contributed by atoms with Gasteiger partial charge < -0.3 is 45.3 Å². The first-order valence-electron chi connectivity index (χ1n) is 13.3. The Morgan fingerprint density at radius 3 is 2.51 bits per heavy atom. The van der Waals surface area contributed by atoms with Crippen molar-refractivity contribution in [2.24, 2.45) is 5.92 Å². The molecule has 4 aromatic rings. The molecule has 0 radical (unpaired) electrons. The van der Waals surface area contributed by atoms with E-state index in [9.17, 15) is 29.4 Å². The number of nitrogens with two attached hydrogens (primary N) is 2. The maximum atomic E-state index is 13.3. The minimum atomic E-state index is -4.98. The van der Waals surface area contributed by atoms with E-state index in [0.29, 0.717) is 0 Å². The molecule has 24 heteroatoms. The highest BCUT2D eigenvalue weighted by atomic mass is 32.5. The number of H-pyrrole nitrogens is 1. The van der Waals surface area contributed by atoms with Gasteiger partial charge in [-0.3, -0.25) is 27.9 Å². The summed E-state index contributed by atoms with van der Waals surface area (Å²) in [6, 6.07) is -0.928. The number of anilines is 2.